The van der Waals surface area contributed by atoms with Gasteiger partial charge >= 0.3 is 5.97 Å². The van der Waals surface area contributed by atoms with Gasteiger partial charge in [-0.25, -0.2) is 13.9 Å². The van der Waals surface area contributed by atoms with Crippen molar-refractivity contribution in [3.8, 4) is 0 Å². The first-order valence-corrected chi connectivity index (χ1v) is 7.13. The molecule has 110 valence electrons. The van der Waals surface area contributed by atoms with Gasteiger partial charge in [0.05, 0.1) is 12.2 Å². The molecule has 1 saturated heterocycles. The van der Waals surface area contributed by atoms with Crippen LogP contribution < -0.4 is 0 Å². The molecule has 1 aliphatic rings. The molecule has 1 fully saturated rings. The topological polar surface area (TPSA) is 71.2 Å². The zero-order valence-corrected chi connectivity index (χ0v) is 12.5. The Kier molecular flexibility index (Phi) is 3.73. The van der Waals surface area contributed by atoms with E-state index in [-0.39, 0.29) is 17.6 Å². The second-order valence-electron chi connectivity index (χ2n) is 4.97. The number of likely N-dealkylation sites (tertiary alicyclic amines) is 1. The Bertz CT molecular complexity index is 685. The number of carbonyl (C=O) groups is 1. The van der Waals surface area contributed by atoms with Crippen LogP contribution in [0.15, 0.2) is 28.9 Å². The highest BCUT2D eigenvalue weighted by molar-refractivity contribution is 9.10. The number of carboxylic acid groups (broad SMARTS) is 1. The summed E-state index contributed by atoms with van der Waals surface area (Å²) in [6.45, 7) is 2.09. The average molecular weight is 355 g/mol. The van der Waals surface area contributed by atoms with Gasteiger partial charge in [-0.15, -0.1) is 5.10 Å². The zero-order chi connectivity index (χ0) is 15.0. The molecular formula is C13H12BrFN4O2. The second kappa shape index (κ2) is 5.53. The molecule has 8 heteroatoms. The van der Waals surface area contributed by atoms with Gasteiger partial charge in [0.2, 0.25) is 0 Å². The van der Waals surface area contributed by atoms with Crippen molar-refractivity contribution in [1.82, 2.24) is 19.9 Å². The lowest BCUT2D eigenvalue weighted by atomic mass is 10.1. The Morgan fingerprint density at radius 1 is 1.48 bits per heavy atom. The van der Waals surface area contributed by atoms with E-state index in [1.807, 2.05) is 0 Å². The van der Waals surface area contributed by atoms with Gasteiger partial charge in [-0.3, -0.25) is 4.90 Å². The van der Waals surface area contributed by atoms with Crippen LogP contribution in [0.5, 0.6) is 0 Å². The molecule has 0 atom stereocenters. The summed E-state index contributed by atoms with van der Waals surface area (Å²) in [6, 6.07) is 4.72. The molecule has 0 amide bonds. The van der Waals surface area contributed by atoms with Crippen LogP contribution in [0, 0.1) is 5.82 Å². The maximum atomic E-state index is 13.2. The lowest BCUT2D eigenvalue weighted by Gasteiger charge is -2.39. The van der Waals surface area contributed by atoms with Crippen LogP contribution in [0.25, 0.3) is 0 Å². The Morgan fingerprint density at radius 3 is 2.90 bits per heavy atom. The van der Waals surface area contributed by atoms with Crippen molar-refractivity contribution in [2.45, 2.75) is 12.6 Å². The van der Waals surface area contributed by atoms with Crippen LogP contribution in [-0.4, -0.2) is 44.1 Å². The number of hydrogen-bond acceptors (Lipinski definition) is 4. The fraction of sp³-hybridized carbons (Fsp3) is 0.308. The maximum absolute atomic E-state index is 13.2. The standard InChI is InChI=1S/C13H12BrFN4O2/c14-11-2-1-9(15)3-8(11)4-18-5-10(6-18)19-7-12(13(20)21)16-17-19/h1-3,7,10H,4-6H2,(H,20,21). The van der Waals surface area contributed by atoms with Crippen molar-refractivity contribution in [3.63, 3.8) is 0 Å². The number of halogens is 2. The van der Waals surface area contributed by atoms with Gasteiger partial charge in [-0.2, -0.15) is 0 Å². The van der Waals surface area contributed by atoms with E-state index >= 15 is 0 Å². The maximum Gasteiger partial charge on any atom is 0.358 e. The largest absolute Gasteiger partial charge is 0.476 e. The third-order valence-corrected chi connectivity index (χ3v) is 4.22. The first kappa shape index (κ1) is 14.2. The number of aromatic carboxylic acids is 1. The highest BCUT2D eigenvalue weighted by atomic mass is 79.9. The van der Waals surface area contributed by atoms with Crippen LogP contribution in [0.3, 0.4) is 0 Å². The molecule has 6 nitrogen and oxygen atoms in total. The number of carboxylic acids is 1. The van der Waals surface area contributed by atoms with Crippen molar-refractivity contribution in [3.05, 3.63) is 45.9 Å². The molecule has 1 aliphatic heterocycles. The Balaban J connectivity index is 1.60. The van der Waals surface area contributed by atoms with Crippen molar-refractivity contribution in [2.75, 3.05) is 13.1 Å². The predicted molar refractivity (Wildman–Crippen MR) is 75.4 cm³/mol. The number of hydrogen-bond donors (Lipinski definition) is 1. The molecule has 1 aromatic carbocycles. The Labute approximate surface area is 128 Å². The van der Waals surface area contributed by atoms with Crippen molar-refractivity contribution in [1.29, 1.82) is 0 Å². The third kappa shape index (κ3) is 2.96. The van der Waals surface area contributed by atoms with Gasteiger partial charge in [-0.1, -0.05) is 21.1 Å². The van der Waals surface area contributed by atoms with Crippen molar-refractivity contribution in [2.24, 2.45) is 0 Å². The predicted octanol–water partition coefficient (Wildman–Crippen LogP) is 1.93. The molecule has 1 N–H and O–H groups in total. The quantitative estimate of drug-likeness (QED) is 0.908. The van der Waals surface area contributed by atoms with Gasteiger partial charge < -0.3 is 5.11 Å². The number of benzene rings is 1. The molecule has 0 aliphatic carbocycles. The molecule has 0 radical (unpaired) electrons. The number of rotatable bonds is 4. The monoisotopic (exact) mass is 354 g/mol. The molecule has 0 bridgehead atoms. The Morgan fingerprint density at radius 2 is 2.24 bits per heavy atom. The summed E-state index contributed by atoms with van der Waals surface area (Å²) in [6.07, 6.45) is 1.43. The van der Waals surface area contributed by atoms with E-state index in [1.54, 1.807) is 10.7 Å². The molecule has 2 heterocycles. The van der Waals surface area contributed by atoms with Crippen LogP contribution >= 0.6 is 15.9 Å². The summed E-state index contributed by atoms with van der Waals surface area (Å²) in [4.78, 5) is 12.9. The second-order valence-corrected chi connectivity index (χ2v) is 5.83. The molecular weight excluding hydrogens is 343 g/mol. The van der Waals surface area contributed by atoms with Crippen molar-refractivity contribution < 1.29 is 14.3 Å². The fourth-order valence-electron chi connectivity index (χ4n) is 2.30. The van der Waals surface area contributed by atoms with E-state index in [2.05, 4.69) is 31.1 Å². The summed E-state index contributed by atoms with van der Waals surface area (Å²) in [7, 11) is 0. The summed E-state index contributed by atoms with van der Waals surface area (Å²) < 4.78 is 15.7. The van der Waals surface area contributed by atoms with E-state index in [0.29, 0.717) is 6.54 Å². The Hall–Kier alpha value is -1.80. The van der Waals surface area contributed by atoms with E-state index in [4.69, 9.17) is 5.11 Å². The molecule has 2 aromatic rings. The first-order chi connectivity index (χ1) is 10.0. The van der Waals surface area contributed by atoms with Gasteiger partial charge in [0.15, 0.2) is 5.69 Å². The number of nitrogens with zero attached hydrogens (tertiary/aromatic N) is 4. The number of aromatic nitrogens is 3. The average Bonchev–Trinajstić information content (AvgIpc) is 2.86. The van der Waals surface area contributed by atoms with Gasteiger partial charge in [0, 0.05) is 24.1 Å². The fourth-order valence-corrected chi connectivity index (χ4v) is 2.67. The minimum atomic E-state index is -1.08. The summed E-state index contributed by atoms with van der Waals surface area (Å²) in [5.74, 6) is -1.34. The van der Waals surface area contributed by atoms with E-state index in [9.17, 15) is 9.18 Å². The summed E-state index contributed by atoms with van der Waals surface area (Å²) in [5, 5.41) is 16.2. The highest BCUT2D eigenvalue weighted by Crippen LogP contribution is 2.26. The van der Waals surface area contributed by atoms with Gasteiger partial charge in [-0.05, 0) is 23.8 Å². The summed E-state index contributed by atoms with van der Waals surface area (Å²) >= 11 is 3.41. The molecule has 0 spiro atoms. The minimum Gasteiger partial charge on any atom is -0.476 e. The van der Waals surface area contributed by atoms with Crippen LogP contribution in [0.2, 0.25) is 0 Å². The molecule has 1 aromatic heterocycles. The minimum absolute atomic E-state index is 0.0543. The lowest BCUT2D eigenvalue weighted by Crippen LogP contribution is -2.47. The molecule has 21 heavy (non-hydrogen) atoms. The van der Waals surface area contributed by atoms with Gasteiger partial charge in [0.25, 0.3) is 0 Å². The summed E-state index contributed by atoms with van der Waals surface area (Å²) in [5.41, 5.74) is 0.833. The van der Waals surface area contributed by atoms with Crippen molar-refractivity contribution >= 4 is 21.9 Å². The third-order valence-electron chi connectivity index (χ3n) is 3.44. The normalized spacial score (nSPS) is 15.9. The zero-order valence-electron chi connectivity index (χ0n) is 10.9. The van der Waals surface area contributed by atoms with Crippen LogP contribution in [0.1, 0.15) is 22.1 Å². The molecule has 0 saturated carbocycles. The van der Waals surface area contributed by atoms with Gasteiger partial charge in [0.1, 0.15) is 5.82 Å². The van der Waals surface area contributed by atoms with E-state index in [1.165, 1.54) is 18.3 Å². The SMILES string of the molecule is O=C(O)c1cn(C2CN(Cc3cc(F)ccc3Br)C2)nn1. The van der Waals surface area contributed by atoms with Crippen LogP contribution in [-0.2, 0) is 6.54 Å². The van der Waals surface area contributed by atoms with Crippen LogP contribution in [0.4, 0.5) is 4.39 Å². The molecule has 3 rings (SSSR count). The highest BCUT2D eigenvalue weighted by Gasteiger charge is 2.30. The first-order valence-electron chi connectivity index (χ1n) is 6.34. The molecule has 0 unspecified atom stereocenters. The smallest absolute Gasteiger partial charge is 0.358 e. The lowest BCUT2D eigenvalue weighted by molar-refractivity contribution is 0.0690. The van der Waals surface area contributed by atoms with E-state index < -0.39 is 5.97 Å². The van der Waals surface area contributed by atoms with E-state index in [0.717, 1.165) is 23.1 Å².